The minimum absolute atomic E-state index is 0.369. The molecule has 2 aromatic heterocycles. The van der Waals surface area contributed by atoms with Gasteiger partial charge >= 0.3 is 0 Å². The highest BCUT2D eigenvalue weighted by Gasteiger charge is 2.22. The predicted octanol–water partition coefficient (Wildman–Crippen LogP) is 1.69. The Balaban J connectivity index is 1.76. The van der Waals surface area contributed by atoms with Crippen LogP contribution in [-0.2, 0) is 13.0 Å². The summed E-state index contributed by atoms with van der Waals surface area (Å²) in [6.07, 6.45) is 5.86. The van der Waals surface area contributed by atoms with Crippen molar-refractivity contribution in [3.05, 3.63) is 59.7 Å². The third kappa shape index (κ3) is 2.28. The molecule has 6 heteroatoms. The summed E-state index contributed by atoms with van der Waals surface area (Å²) in [6.45, 7) is 1.47. The molecule has 4 rings (SSSR count). The van der Waals surface area contributed by atoms with Gasteiger partial charge in [-0.05, 0) is 29.7 Å². The van der Waals surface area contributed by atoms with Crippen molar-refractivity contribution < 1.29 is 4.79 Å². The summed E-state index contributed by atoms with van der Waals surface area (Å²) < 4.78 is 0. The highest BCUT2D eigenvalue weighted by molar-refractivity contribution is 5.95. The average molecular weight is 305 g/mol. The number of hydrogen-bond acceptors (Lipinski definition) is 5. The van der Waals surface area contributed by atoms with E-state index in [4.69, 9.17) is 5.73 Å². The van der Waals surface area contributed by atoms with E-state index in [1.54, 1.807) is 18.5 Å². The number of carbonyl (C=O) groups excluding carboxylic acids is 1. The maximum Gasteiger partial charge on any atom is 0.248 e. The molecule has 0 radical (unpaired) electrons. The number of amides is 1. The molecule has 0 saturated heterocycles. The van der Waals surface area contributed by atoms with Gasteiger partial charge in [-0.1, -0.05) is 12.1 Å². The Morgan fingerprint density at radius 1 is 1.22 bits per heavy atom. The van der Waals surface area contributed by atoms with Crippen LogP contribution in [0.3, 0.4) is 0 Å². The van der Waals surface area contributed by atoms with Crippen molar-refractivity contribution in [2.24, 2.45) is 5.73 Å². The summed E-state index contributed by atoms with van der Waals surface area (Å²) in [5, 5.41) is 0.935. The van der Waals surface area contributed by atoms with Crippen molar-refractivity contribution >= 4 is 22.6 Å². The SMILES string of the molecule is NC(=O)c1cccc2c1CCN(c1nccc3ncncc13)C2. The molecule has 0 aliphatic carbocycles. The number of aromatic nitrogens is 3. The van der Waals surface area contributed by atoms with Crippen LogP contribution in [0.15, 0.2) is 43.0 Å². The molecular formula is C17H15N5O. The van der Waals surface area contributed by atoms with Crippen molar-refractivity contribution in [1.82, 2.24) is 15.0 Å². The Bertz CT molecular complexity index is 903. The molecule has 1 aliphatic rings. The zero-order chi connectivity index (χ0) is 15.8. The molecule has 0 bridgehead atoms. The molecular weight excluding hydrogens is 290 g/mol. The topological polar surface area (TPSA) is 85.0 Å². The van der Waals surface area contributed by atoms with Crippen LogP contribution in [-0.4, -0.2) is 27.4 Å². The van der Waals surface area contributed by atoms with Gasteiger partial charge in [0.25, 0.3) is 0 Å². The number of anilines is 1. The predicted molar refractivity (Wildman–Crippen MR) is 87.0 cm³/mol. The van der Waals surface area contributed by atoms with Crippen molar-refractivity contribution in [2.45, 2.75) is 13.0 Å². The van der Waals surface area contributed by atoms with Gasteiger partial charge in [-0.2, -0.15) is 0 Å². The number of carbonyl (C=O) groups is 1. The largest absolute Gasteiger partial charge is 0.366 e. The van der Waals surface area contributed by atoms with Gasteiger partial charge in [-0.25, -0.2) is 15.0 Å². The Labute approximate surface area is 133 Å². The first-order chi connectivity index (χ1) is 11.2. The number of primary amides is 1. The standard InChI is InChI=1S/C17H15N5O/c18-16(23)13-3-1-2-11-9-22(7-5-12(11)13)17-14-8-19-10-21-15(14)4-6-20-17/h1-4,6,8,10H,5,7,9H2,(H2,18,23). The van der Waals surface area contributed by atoms with Crippen LogP contribution in [0.2, 0.25) is 0 Å². The van der Waals surface area contributed by atoms with E-state index in [0.29, 0.717) is 12.1 Å². The van der Waals surface area contributed by atoms with Crippen LogP contribution in [0.25, 0.3) is 10.9 Å². The number of pyridine rings is 1. The number of nitrogens with two attached hydrogens (primary N) is 1. The van der Waals surface area contributed by atoms with E-state index in [2.05, 4.69) is 19.9 Å². The van der Waals surface area contributed by atoms with Crippen molar-refractivity contribution in [3.8, 4) is 0 Å². The number of fused-ring (bicyclic) bond motifs is 2. The van der Waals surface area contributed by atoms with E-state index in [9.17, 15) is 4.79 Å². The van der Waals surface area contributed by atoms with E-state index in [1.807, 2.05) is 18.2 Å². The van der Waals surface area contributed by atoms with Crippen molar-refractivity contribution in [1.29, 1.82) is 0 Å². The summed E-state index contributed by atoms with van der Waals surface area (Å²) in [7, 11) is 0. The van der Waals surface area contributed by atoms with Gasteiger partial charge in [-0.15, -0.1) is 0 Å². The molecule has 0 atom stereocenters. The first-order valence-electron chi connectivity index (χ1n) is 7.44. The molecule has 3 heterocycles. The lowest BCUT2D eigenvalue weighted by Gasteiger charge is -2.31. The summed E-state index contributed by atoms with van der Waals surface area (Å²) in [4.78, 5) is 26.7. The normalized spacial score (nSPS) is 13.8. The third-order valence-corrected chi connectivity index (χ3v) is 4.24. The van der Waals surface area contributed by atoms with Gasteiger partial charge in [0.15, 0.2) is 0 Å². The first-order valence-corrected chi connectivity index (χ1v) is 7.44. The summed E-state index contributed by atoms with van der Waals surface area (Å²) in [5.74, 6) is 0.505. The van der Waals surface area contributed by atoms with E-state index in [0.717, 1.165) is 40.8 Å². The van der Waals surface area contributed by atoms with Crippen LogP contribution < -0.4 is 10.6 Å². The Kier molecular flexibility index (Phi) is 3.15. The molecule has 114 valence electrons. The molecule has 2 N–H and O–H groups in total. The van der Waals surface area contributed by atoms with E-state index in [1.165, 1.54) is 6.33 Å². The molecule has 1 aromatic carbocycles. The minimum atomic E-state index is -0.369. The molecule has 1 amide bonds. The number of hydrogen-bond donors (Lipinski definition) is 1. The van der Waals surface area contributed by atoms with Crippen LogP contribution in [0.4, 0.5) is 5.82 Å². The summed E-state index contributed by atoms with van der Waals surface area (Å²) in [6, 6.07) is 7.59. The molecule has 0 spiro atoms. The maximum atomic E-state index is 11.6. The first kappa shape index (κ1) is 13.6. The fourth-order valence-electron chi connectivity index (χ4n) is 3.17. The number of benzene rings is 1. The van der Waals surface area contributed by atoms with Crippen LogP contribution in [0.5, 0.6) is 0 Å². The molecule has 23 heavy (non-hydrogen) atoms. The van der Waals surface area contributed by atoms with Crippen LogP contribution >= 0.6 is 0 Å². The lowest BCUT2D eigenvalue weighted by atomic mass is 9.94. The second-order valence-electron chi connectivity index (χ2n) is 5.57. The average Bonchev–Trinajstić information content (AvgIpc) is 2.60. The smallest absolute Gasteiger partial charge is 0.248 e. The molecule has 3 aromatic rings. The highest BCUT2D eigenvalue weighted by atomic mass is 16.1. The van der Waals surface area contributed by atoms with Crippen LogP contribution in [0, 0.1) is 0 Å². The Morgan fingerprint density at radius 2 is 2.13 bits per heavy atom. The van der Waals surface area contributed by atoms with Gasteiger partial charge in [0.2, 0.25) is 5.91 Å². The lowest BCUT2D eigenvalue weighted by molar-refractivity contribution is 0.0999. The fourth-order valence-corrected chi connectivity index (χ4v) is 3.17. The number of rotatable bonds is 2. The van der Waals surface area contributed by atoms with E-state index in [-0.39, 0.29) is 5.91 Å². The van der Waals surface area contributed by atoms with Gasteiger partial charge in [0.1, 0.15) is 12.1 Å². The minimum Gasteiger partial charge on any atom is -0.366 e. The van der Waals surface area contributed by atoms with Gasteiger partial charge in [-0.3, -0.25) is 4.79 Å². The molecule has 0 fully saturated rings. The Hall–Kier alpha value is -3.02. The second-order valence-corrected chi connectivity index (χ2v) is 5.57. The summed E-state index contributed by atoms with van der Waals surface area (Å²) >= 11 is 0. The fraction of sp³-hybridized carbons (Fsp3) is 0.176. The van der Waals surface area contributed by atoms with Crippen molar-refractivity contribution in [2.75, 3.05) is 11.4 Å². The highest BCUT2D eigenvalue weighted by Crippen LogP contribution is 2.29. The monoisotopic (exact) mass is 305 g/mol. The molecule has 0 unspecified atom stereocenters. The molecule has 0 saturated carbocycles. The molecule has 6 nitrogen and oxygen atoms in total. The van der Waals surface area contributed by atoms with Gasteiger partial charge < -0.3 is 10.6 Å². The Morgan fingerprint density at radius 3 is 3.00 bits per heavy atom. The van der Waals surface area contributed by atoms with E-state index < -0.39 is 0 Å². The zero-order valence-corrected chi connectivity index (χ0v) is 12.4. The second kappa shape index (κ2) is 5.31. The third-order valence-electron chi connectivity index (χ3n) is 4.24. The van der Waals surface area contributed by atoms with Crippen LogP contribution in [0.1, 0.15) is 21.5 Å². The maximum absolute atomic E-state index is 11.6. The quantitative estimate of drug-likeness (QED) is 0.778. The summed E-state index contributed by atoms with van der Waals surface area (Å²) in [5.41, 5.74) is 9.14. The number of nitrogens with zero attached hydrogens (tertiary/aromatic N) is 4. The van der Waals surface area contributed by atoms with Crippen molar-refractivity contribution in [3.63, 3.8) is 0 Å². The molecule has 1 aliphatic heterocycles. The van der Waals surface area contributed by atoms with Gasteiger partial charge in [0, 0.05) is 31.0 Å². The van der Waals surface area contributed by atoms with Gasteiger partial charge in [0.05, 0.1) is 10.9 Å². The van der Waals surface area contributed by atoms with E-state index >= 15 is 0 Å². The zero-order valence-electron chi connectivity index (χ0n) is 12.4. The lowest BCUT2D eigenvalue weighted by Crippen LogP contribution is -2.32.